The number of hydrogen-bond donors (Lipinski definition) is 0. The fourth-order valence-corrected chi connectivity index (χ4v) is 6.47. The van der Waals surface area contributed by atoms with Crippen LogP contribution < -0.4 is 4.90 Å². The van der Waals surface area contributed by atoms with Crippen LogP contribution in [0, 0.1) is 0 Å². The van der Waals surface area contributed by atoms with E-state index in [9.17, 15) is 4.79 Å². The summed E-state index contributed by atoms with van der Waals surface area (Å²) in [5, 5.41) is 4.05. The van der Waals surface area contributed by atoms with E-state index in [0.29, 0.717) is 6.54 Å². The van der Waals surface area contributed by atoms with Gasteiger partial charge in [0.15, 0.2) is 5.17 Å². The molecule has 1 amide bonds. The lowest BCUT2D eigenvalue weighted by molar-refractivity contribution is -0.122. The third-order valence-corrected chi connectivity index (χ3v) is 8.08. The quantitative estimate of drug-likeness (QED) is 0.385. The lowest BCUT2D eigenvalue weighted by Crippen LogP contribution is -2.30. The Balaban J connectivity index is 1.59. The van der Waals surface area contributed by atoms with E-state index in [-0.39, 0.29) is 5.91 Å². The number of rotatable bonds is 5. The van der Waals surface area contributed by atoms with E-state index in [1.54, 1.807) is 11.8 Å². The van der Waals surface area contributed by atoms with Gasteiger partial charge in [-0.25, -0.2) is 4.99 Å². The molecule has 6 heteroatoms. The molecule has 0 bridgehead atoms. The van der Waals surface area contributed by atoms with Crippen molar-refractivity contribution in [3.63, 3.8) is 0 Å². The molecule has 2 heterocycles. The van der Waals surface area contributed by atoms with Gasteiger partial charge in [0.25, 0.3) is 5.91 Å². The minimum absolute atomic E-state index is 0.0659. The summed E-state index contributed by atoms with van der Waals surface area (Å²) in [5.74, 6) is 0.0659. The summed E-state index contributed by atoms with van der Waals surface area (Å²) in [6, 6.07) is 22.8. The molecule has 2 aliphatic rings. The normalized spacial score (nSPS) is 19.4. The third kappa shape index (κ3) is 3.71. The summed E-state index contributed by atoms with van der Waals surface area (Å²) in [6.45, 7) is 5.79. The van der Waals surface area contributed by atoms with E-state index in [2.05, 4.69) is 61.2 Å². The largest absolute Gasteiger partial charge is 0.334 e. The van der Waals surface area contributed by atoms with Gasteiger partial charge in [0.2, 0.25) is 0 Å². The summed E-state index contributed by atoms with van der Waals surface area (Å²) in [7, 11) is 0. The van der Waals surface area contributed by atoms with E-state index < -0.39 is 0 Å². The maximum Gasteiger partial charge on any atom is 0.269 e. The third-order valence-electron chi connectivity index (χ3n) is 5.70. The number of nitrogens with zero attached hydrogens (tertiary/aromatic N) is 3. The van der Waals surface area contributed by atoms with Gasteiger partial charge in [-0.1, -0.05) is 73.6 Å². The average molecular weight is 460 g/mol. The SMILES string of the molecule is CCCCN1C(=O)/C(=C2/Sc3ccccc3N2CC)SC1=Nc1cccc2ccccc12. The van der Waals surface area contributed by atoms with Crippen molar-refractivity contribution < 1.29 is 4.79 Å². The number of aliphatic imine (C=N–C) groups is 1. The number of unbranched alkanes of at least 4 members (excludes halogenated alkanes) is 1. The van der Waals surface area contributed by atoms with Crippen LogP contribution in [0.15, 0.2) is 86.6 Å². The molecule has 0 radical (unpaired) electrons. The van der Waals surface area contributed by atoms with Crippen molar-refractivity contribution in [1.29, 1.82) is 0 Å². The Kier molecular flexibility index (Phi) is 5.98. The van der Waals surface area contributed by atoms with E-state index in [4.69, 9.17) is 4.99 Å². The van der Waals surface area contributed by atoms with Crippen LogP contribution in [0.4, 0.5) is 11.4 Å². The zero-order valence-corrected chi connectivity index (χ0v) is 19.9. The van der Waals surface area contributed by atoms with Gasteiger partial charge in [-0.05, 0) is 48.7 Å². The Morgan fingerprint density at radius 1 is 0.875 bits per heavy atom. The van der Waals surface area contributed by atoms with Gasteiger partial charge in [0.05, 0.1) is 11.4 Å². The van der Waals surface area contributed by atoms with Crippen LogP contribution in [0.1, 0.15) is 26.7 Å². The first kappa shape index (κ1) is 21.2. The zero-order valence-electron chi connectivity index (χ0n) is 18.2. The Hall–Kier alpha value is -2.70. The number of benzene rings is 3. The second-order valence-corrected chi connectivity index (χ2v) is 9.76. The number of carbonyl (C=O) groups is 1. The summed E-state index contributed by atoms with van der Waals surface area (Å²) < 4.78 is 0. The molecule has 5 rings (SSSR count). The topological polar surface area (TPSA) is 35.9 Å². The predicted molar refractivity (Wildman–Crippen MR) is 138 cm³/mol. The summed E-state index contributed by atoms with van der Waals surface area (Å²) in [6.07, 6.45) is 1.98. The average Bonchev–Trinajstić information content (AvgIpc) is 3.34. The van der Waals surface area contributed by atoms with Crippen LogP contribution in [-0.2, 0) is 4.79 Å². The fourth-order valence-electron chi connectivity index (χ4n) is 4.06. The second kappa shape index (κ2) is 9.04. The van der Waals surface area contributed by atoms with Crippen LogP contribution in [0.25, 0.3) is 10.8 Å². The van der Waals surface area contributed by atoms with Crippen LogP contribution in [0.5, 0.6) is 0 Å². The standard InChI is InChI=1S/C26H25N3OS2/c1-3-5-17-29-24(30)23(25-28(4-2)21-15-8-9-16-22(21)31-25)32-26(29)27-20-14-10-12-18-11-6-7-13-19(18)20/h6-16H,3-5,17H2,1-2H3/b25-23-,27-26?. The summed E-state index contributed by atoms with van der Waals surface area (Å²) in [4.78, 5) is 24.7. The maximum atomic E-state index is 13.6. The Morgan fingerprint density at radius 3 is 2.50 bits per heavy atom. The van der Waals surface area contributed by atoms with Crippen molar-refractivity contribution in [3.05, 3.63) is 76.7 Å². The van der Waals surface area contributed by atoms with Gasteiger partial charge in [0, 0.05) is 23.4 Å². The molecule has 0 spiro atoms. The highest BCUT2D eigenvalue weighted by atomic mass is 32.2. The number of amidine groups is 1. The highest BCUT2D eigenvalue weighted by Crippen LogP contribution is 2.50. The van der Waals surface area contributed by atoms with Gasteiger partial charge >= 0.3 is 0 Å². The molecule has 2 aliphatic heterocycles. The lowest BCUT2D eigenvalue weighted by atomic mass is 10.1. The molecule has 162 valence electrons. The molecular weight excluding hydrogens is 434 g/mol. The van der Waals surface area contributed by atoms with Crippen molar-refractivity contribution in [2.45, 2.75) is 31.6 Å². The Labute approximate surface area is 197 Å². The number of amides is 1. The van der Waals surface area contributed by atoms with E-state index in [0.717, 1.165) is 50.9 Å². The van der Waals surface area contributed by atoms with Crippen LogP contribution in [-0.4, -0.2) is 29.1 Å². The van der Waals surface area contributed by atoms with Gasteiger partial charge in [-0.3, -0.25) is 9.69 Å². The highest BCUT2D eigenvalue weighted by molar-refractivity contribution is 8.19. The van der Waals surface area contributed by atoms with Crippen LogP contribution in [0.3, 0.4) is 0 Å². The number of hydrogen-bond acceptors (Lipinski definition) is 5. The van der Waals surface area contributed by atoms with E-state index in [1.165, 1.54) is 22.3 Å². The maximum absolute atomic E-state index is 13.6. The molecule has 0 aromatic heterocycles. The van der Waals surface area contributed by atoms with Gasteiger partial charge in [0.1, 0.15) is 9.93 Å². The first-order valence-corrected chi connectivity index (χ1v) is 12.7. The number of carbonyl (C=O) groups excluding carboxylic acids is 1. The number of fused-ring (bicyclic) bond motifs is 2. The minimum atomic E-state index is 0.0659. The van der Waals surface area contributed by atoms with Crippen molar-refractivity contribution in [3.8, 4) is 0 Å². The first-order chi connectivity index (χ1) is 15.7. The van der Waals surface area contributed by atoms with Gasteiger partial charge in [-0.2, -0.15) is 0 Å². The zero-order chi connectivity index (χ0) is 22.1. The van der Waals surface area contributed by atoms with Crippen molar-refractivity contribution in [1.82, 2.24) is 4.90 Å². The lowest BCUT2D eigenvalue weighted by Gasteiger charge is -2.19. The number of anilines is 1. The van der Waals surface area contributed by atoms with Crippen molar-refractivity contribution in [2.75, 3.05) is 18.0 Å². The second-order valence-electron chi connectivity index (χ2n) is 7.75. The molecule has 0 atom stereocenters. The van der Waals surface area contributed by atoms with E-state index in [1.807, 2.05) is 29.2 Å². The number of para-hydroxylation sites is 1. The monoisotopic (exact) mass is 459 g/mol. The molecule has 0 unspecified atom stereocenters. The van der Waals surface area contributed by atoms with Gasteiger partial charge < -0.3 is 4.90 Å². The molecule has 0 aliphatic carbocycles. The molecule has 1 fully saturated rings. The van der Waals surface area contributed by atoms with Gasteiger partial charge in [-0.15, -0.1) is 0 Å². The van der Waals surface area contributed by atoms with E-state index >= 15 is 0 Å². The molecule has 1 saturated heterocycles. The Morgan fingerprint density at radius 2 is 1.66 bits per heavy atom. The Bertz CT molecular complexity index is 1250. The van der Waals surface area contributed by atoms with Crippen LogP contribution in [0.2, 0.25) is 0 Å². The molecule has 3 aromatic carbocycles. The minimum Gasteiger partial charge on any atom is -0.334 e. The predicted octanol–water partition coefficient (Wildman–Crippen LogP) is 7.00. The molecule has 4 nitrogen and oxygen atoms in total. The first-order valence-electron chi connectivity index (χ1n) is 11.1. The summed E-state index contributed by atoms with van der Waals surface area (Å²) >= 11 is 3.20. The fraction of sp³-hybridized carbons (Fsp3) is 0.231. The molecular formula is C26H25N3OS2. The van der Waals surface area contributed by atoms with Crippen LogP contribution >= 0.6 is 23.5 Å². The summed E-state index contributed by atoms with van der Waals surface area (Å²) in [5.41, 5.74) is 2.08. The molecule has 0 saturated carbocycles. The van der Waals surface area contributed by atoms with Crippen molar-refractivity contribution in [2.24, 2.45) is 4.99 Å². The number of thioether (sulfide) groups is 2. The highest BCUT2D eigenvalue weighted by Gasteiger charge is 2.39. The molecule has 0 N–H and O–H groups in total. The molecule has 3 aromatic rings. The smallest absolute Gasteiger partial charge is 0.269 e. The van der Waals surface area contributed by atoms with Crippen molar-refractivity contribution >= 4 is 56.7 Å². The molecule has 32 heavy (non-hydrogen) atoms.